The summed E-state index contributed by atoms with van der Waals surface area (Å²) in [5, 5.41) is 0.855. The fourth-order valence-corrected chi connectivity index (χ4v) is 5.04. The van der Waals surface area contributed by atoms with Crippen molar-refractivity contribution in [2.24, 2.45) is 0 Å². The lowest BCUT2D eigenvalue weighted by atomic mass is 9.80. The van der Waals surface area contributed by atoms with Crippen molar-refractivity contribution in [3.63, 3.8) is 0 Å². The van der Waals surface area contributed by atoms with Crippen LogP contribution in [0.25, 0.3) is 0 Å². The third-order valence-electron chi connectivity index (χ3n) is 6.05. The Kier molecular flexibility index (Phi) is 3.31. The van der Waals surface area contributed by atoms with Gasteiger partial charge in [-0.3, -0.25) is 4.90 Å². The van der Waals surface area contributed by atoms with Gasteiger partial charge in [0.1, 0.15) is 0 Å². The predicted molar refractivity (Wildman–Crippen MR) is 103 cm³/mol. The molecule has 0 aromatic heterocycles. The van der Waals surface area contributed by atoms with E-state index in [9.17, 15) is 0 Å². The maximum absolute atomic E-state index is 6.49. The van der Waals surface area contributed by atoms with Crippen LogP contribution in [-0.4, -0.2) is 4.90 Å². The molecule has 0 saturated heterocycles. The summed E-state index contributed by atoms with van der Waals surface area (Å²) in [6.07, 6.45) is 1.06. The Morgan fingerprint density at radius 3 is 2.44 bits per heavy atom. The van der Waals surface area contributed by atoms with E-state index < -0.39 is 0 Å². The molecule has 2 atom stereocenters. The number of fused-ring (bicyclic) bond motifs is 7. The van der Waals surface area contributed by atoms with Crippen molar-refractivity contribution in [3.8, 4) is 0 Å². The first kappa shape index (κ1) is 15.2. The van der Waals surface area contributed by atoms with E-state index in [1.54, 1.807) is 0 Å². The van der Waals surface area contributed by atoms with Gasteiger partial charge in [-0.25, -0.2) is 0 Å². The minimum atomic E-state index is -0.102. The quantitative estimate of drug-likeness (QED) is 0.574. The van der Waals surface area contributed by atoms with Gasteiger partial charge in [0.15, 0.2) is 0 Å². The van der Waals surface area contributed by atoms with Crippen molar-refractivity contribution < 1.29 is 0 Å². The second-order valence-electron chi connectivity index (χ2n) is 7.26. The van der Waals surface area contributed by atoms with Crippen molar-refractivity contribution in [3.05, 3.63) is 106 Å². The normalized spacial score (nSPS) is 24.0. The van der Waals surface area contributed by atoms with Gasteiger partial charge in [-0.1, -0.05) is 78.3 Å². The van der Waals surface area contributed by atoms with Crippen LogP contribution in [0, 0.1) is 0 Å². The Hall–Kier alpha value is -2.09. The second-order valence-corrected chi connectivity index (χ2v) is 7.66. The summed E-state index contributed by atoms with van der Waals surface area (Å²) in [6, 6.07) is 26.5. The maximum atomic E-state index is 6.49. The van der Waals surface area contributed by atoms with Crippen LogP contribution in [0.5, 0.6) is 0 Å². The predicted octanol–water partition coefficient (Wildman–Crippen LogP) is 5.72. The molecule has 0 aliphatic carbocycles. The molecule has 0 spiro atoms. The van der Waals surface area contributed by atoms with Crippen molar-refractivity contribution in [2.45, 2.75) is 31.5 Å². The standard InChI is InChI=1S/C23H20ClN/c1-23-19-11-5-2-8-16(19)14-22(18-10-4-6-12-20(18)23)25(23)15-17-9-3-7-13-21(17)24/h2-13,22H,14-15H2,1H3/t22-,23+/m1/s1. The largest absolute Gasteiger partial charge is 0.278 e. The van der Waals surface area contributed by atoms with Crippen molar-refractivity contribution >= 4 is 11.6 Å². The smallest absolute Gasteiger partial charge is 0.0700 e. The fraction of sp³-hybridized carbons (Fsp3) is 0.217. The molecule has 1 nitrogen and oxygen atoms in total. The van der Waals surface area contributed by atoms with E-state index in [4.69, 9.17) is 11.6 Å². The van der Waals surface area contributed by atoms with E-state index in [1.165, 1.54) is 27.8 Å². The van der Waals surface area contributed by atoms with Crippen molar-refractivity contribution in [1.29, 1.82) is 0 Å². The van der Waals surface area contributed by atoms with E-state index in [2.05, 4.69) is 72.5 Å². The molecule has 3 aromatic rings. The molecular weight excluding hydrogens is 326 g/mol. The van der Waals surface area contributed by atoms with Gasteiger partial charge in [-0.2, -0.15) is 0 Å². The van der Waals surface area contributed by atoms with Crippen LogP contribution in [-0.2, 0) is 18.5 Å². The third kappa shape index (κ3) is 2.06. The first-order valence-electron chi connectivity index (χ1n) is 8.87. The van der Waals surface area contributed by atoms with E-state index in [1.807, 2.05) is 12.1 Å². The minimum absolute atomic E-state index is 0.102. The average molecular weight is 346 g/mol. The molecule has 2 heteroatoms. The summed E-state index contributed by atoms with van der Waals surface area (Å²) in [6.45, 7) is 3.24. The van der Waals surface area contributed by atoms with E-state index in [-0.39, 0.29) is 5.54 Å². The molecule has 2 heterocycles. The monoisotopic (exact) mass is 345 g/mol. The fourth-order valence-electron chi connectivity index (χ4n) is 4.85. The van der Waals surface area contributed by atoms with Gasteiger partial charge >= 0.3 is 0 Å². The number of halogens is 1. The number of rotatable bonds is 2. The number of hydrogen-bond donors (Lipinski definition) is 0. The summed E-state index contributed by atoms with van der Waals surface area (Å²) >= 11 is 6.49. The van der Waals surface area contributed by atoms with E-state index in [0.717, 1.165) is 18.0 Å². The Labute approximate surface area is 153 Å². The average Bonchev–Trinajstić information content (AvgIpc) is 2.80. The highest BCUT2D eigenvalue weighted by molar-refractivity contribution is 6.31. The molecule has 2 aliphatic rings. The zero-order valence-corrected chi connectivity index (χ0v) is 15.0. The third-order valence-corrected chi connectivity index (χ3v) is 6.42. The van der Waals surface area contributed by atoms with Crippen LogP contribution in [0.15, 0.2) is 72.8 Å². The highest BCUT2D eigenvalue weighted by Gasteiger charge is 2.51. The molecule has 2 aliphatic heterocycles. The molecule has 0 saturated carbocycles. The van der Waals surface area contributed by atoms with Gasteiger partial charge in [0.2, 0.25) is 0 Å². The lowest BCUT2D eigenvalue weighted by molar-refractivity contribution is 0.0864. The topological polar surface area (TPSA) is 3.24 Å². The number of nitrogens with zero attached hydrogens (tertiary/aromatic N) is 1. The summed E-state index contributed by atoms with van der Waals surface area (Å²) in [5.74, 6) is 0. The van der Waals surface area contributed by atoms with Gasteiger partial charge in [-0.15, -0.1) is 0 Å². The summed E-state index contributed by atoms with van der Waals surface area (Å²) in [4.78, 5) is 2.64. The molecule has 0 fully saturated rings. The zero-order valence-electron chi connectivity index (χ0n) is 14.2. The highest BCUT2D eigenvalue weighted by atomic mass is 35.5. The van der Waals surface area contributed by atoms with Crippen LogP contribution < -0.4 is 0 Å². The molecular formula is C23H20ClN. The molecule has 2 bridgehead atoms. The molecule has 0 unspecified atom stereocenters. The molecule has 0 radical (unpaired) electrons. The van der Waals surface area contributed by atoms with Gasteiger partial charge in [0.25, 0.3) is 0 Å². The minimum Gasteiger partial charge on any atom is -0.278 e. The maximum Gasteiger partial charge on any atom is 0.0700 e. The van der Waals surface area contributed by atoms with Crippen LogP contribution in [0.3, 0.4) is 0 Å². The lowest BCUT2D eigenvalue weighted by Gasteiger charge is -2.44. The van der Waals surface area contributed by atoms with Crippen LogP contribution in [0.1, 0.15) is 40.8 Å². The molecule has 124 valence electrons. The van der Waals surface area contributed by atoms with Crippen LogP contribution in [0.2, 0.25) is 5.02 Å². The number of benzene rings is 3. The van der Waals surface area contributed by atoms with E-state index >= 15 is 0 Å². The SMILES string of the molecule is C[C@]12c3ccccc3C[C@H](c3ccccc31)N2Cc1ccccc1Cl. The van der Waals surface area contributed by atoms with Crippen LogP contribution in [0.4, 0.5) is 0 Å². The Bertz CT molecular complexity index is 951. The van der Waals surface area contributed by atoms with Gasteiger partial charge in [0, 0.05) is 17.6 Å². The van der Waals surface area contributed by atoms with Crippen LogP contribution >= 0.6 is 11.6 Å². The lowest BCUT2D eigenvalue weighted by Crippen LogP contribution is -2.45. The highest BCUT2D eigenvalue weighted by Crippen LogP contribution is 2.56. The zero-order chi connectivity index (χ0) is 17.0. The first-order valence-corrected chi connectivity index (χ1v) is 9.25. The van der Waals surface area contributed by atoms with Gasteiger partial charge < -0.3 is 0 Å². The molecule has 5 rings (SSSR count). The van der Waals surface area contributed by atoms with Gasteiger partial charge in [0.05, 0.1) is 5.54 Å². The summed E-state index contributed by atoms with van der Waals surface area (Å²) in [7, 11) is 0. The van der Waals surface area contributed by atoms with E-state index in [0.29, 0.717) is 6.04 Å². The Morgan fingerprint density at radius 1 is 0.920 bits per heavy atom. The van der Waals surface area contributed by atoms with Gasteiger partial charge in [-0.05, 0) is 47.2 Å². The van der Waals surface area contributed by atoms with Crippen molar-refractivity contribution in [1.82, 2.24) is 4.90 Å². The Morgan fingerprint density at radius 2 is 1.60 bits per heavy atom. The Balaban J connectivity index is 1.70. The summed E-state index contributed by atoms with van der Waals surface area (Å²) in [5.41, 5.74) is 6.91. The molecule has 3 aromatic carbocycles. The molecule has 0 amide bonds. The molecule has 0 N–H and O–H groups in total. The first-order chi connectivity index (χ1) is 12.2. The molecule has 25 heavy (non-hydrogen) atoms. The second kappa shape index (κ2) is 5.45. The number of hydrogen-bond acceptors (Lipinski definition) is 1. The summed E-state index contributed by atoms with van der Waals surface area (Å²) < 4.78 is 0. The van der Waals surface area contributed by atoms with Crippen molar-refractivity contribution in [2.75, 3.05) is 0 Å².